The first-order chi connectivity index (χ1) is 14.3. The van der Waals surface area contributed by atoms with Crippen LogP contribution in [0.15, 0.2) is 53.2 Å². The van der Waals surface area contributed by atoms with E-state index >= 15 is 0 Å². The number of nitrogen functional groups attached to an aromatic ring is 1. The van der Waals surface area contributed by atoms with Crippen molar-refractivity contribution in [3.8, 4) is 10.4 Å². The Morgan fingerprint density at radius 3 is 2.63 bits per heavy atom. The molecule has 2 aromatic carbocycles. The molecular weight excluding hydrogens is 415 g/mol. The minimum Gasteiger partial charge on any atom is -0.380 e. The standard InChI is InChI=1S/C20H18F3N5OS/c21-20(22,23)13-4-1-11(2-5-13)7-14(24)9-26-19-27-10-17(30-19)12-3-6-16-15(8-12)18(25)28-29-16/h1-6,8,10,14H,7,9,24H2,(H2,25,28)(H,26,27)/t14-/m0/s1. The number of anilines is 2. The Kier molecular flexibility index (Phi) is 5.35. The van der Waals surface area contributed by atoms with E-state index in [1.54, 1.807) is 12.3 Å². The Bertz CT molecular complexity index is 1150. The summed E-state index contributed by atoms with van der Waals surface area (Å²) < 4.78 is 43.0. The quantitative estimate of drug-likeness (QED) is 0.413. The molecule has 0 bridgehead atoms. The summed E-state index contributed by atoms with van der Waals surface area (Å²) in [6.45, 7) is 0.436. The van der Waals surface area contributed by atoms with E-state index in [1.807, 2.05) is 12.1 Å². The molecule has 30 heavy (non-hydrogen) atoms. The maximum absolute atomic E-state index is 12.6. The van der Waals surface area contributed by atoms with Crippen LogP contribution in [0.5, 0.6) is 0 Å². The minimum absolute atomic E-state index is 0.276. The molecular formula is C20H18F3N5OS. The summed E-state index contributed by atoms with van der Waals surface area (Å²) in [5.41, 5.74) is 13.6. The number of hydrogen-bond acceptors (Lipinski definition) is 7. The van der Waals surface area contributed by atoms with E-state index in [2.05, 4.69) is 15.5 Å². The monoisotopic (exact) mass is 433 g/mol. The van der Waals surface area contributed by atoms with E-state index < -0.39 is 11.7 Å². The Hall–Kier alpha value is -3.11. The van der Waals surface area contributed by atoms with Gasteiger partial charge in [0.05, 0.1) is 15.8 Å². The van der Waals surface area contributed by atoms with Gasteiger partial charge in [0.2, 0.25) is 0 Å². The summed E-state index contributed by atoms with van der Waals surface area (Å²) in [7, 11) is 0. The number of halogens is 3. The second-order valence-corrected chi connectivity index (χ2v) is 7.88. The van der Waals surface area contributed by atoms with Crippen molar-refractivity contribution in [1.82, 2.24) is 10.1 Å². The van der Waals surface area contributed by atoms with Gasteiger partial charge in [-0.15, -0.1) is 0 Å². The second kappa shape index (κ2) is 7.96. The summed E-state index contributed by atoms with van der Waals surface area (Å²) in [6, 6.07) is 10.4. The van der Waals surface area contributed by atoms with Gasteiger partial charge in [-0.25, -0.2) is 4.98 Å². The first-order valence-corrected chi connectivity index (χ1v) is 9.88. The van der Waals surface area contributed by atoms with Gasteiger partial charge in [-0.3, -0.25) is 0 Å². The van der Waals surface area contributed by atoms with E-state index in [9.17, 15) is 13.2 Å². The Morgan fingerprint density at radius 2 is 1.90 bits per heavy atom. The van der Waals surface area contributed by atoms with E-state index in [-0.39, 0.29) is 6.04 Å². The van der Waals surface area contributed by atoms with Crippen LogP contribution in [0.2, 0.25) is 0 Å². The molecule has 1 atom stereocenters. The van der Waals surface area contributed by atoms with Crippen molar-refractivity contribution >= 4 is 33.3 Å². The summed E-state index contributed by atoms with van der Waals surface area (Å²) >= 11 is 1.46. The predicted octanol–water partition coefficient (Wildman–Crippen LogP) is 4.53. The maximum atomic E-state index is 12.6. The van der Waals surface area contributed by atoms with Gasteiger partial charge < -0.3 is 21.3 Å². The van der Waals surface area contributed by atoms with Gasteiger partial charge in [0.1, 0.15) is 0 Å². The lowest BCUT2D eigenvalue weighted by Gasteiger charge is -2.13. The van der Waals surface area contributed by atoms with Crippen molar-refractivity contribution in [3.63, 3.8) is 0 Å². The predicted molar refractivity (Wildman–Crippen MR) is 111 cm³/mol. The van der Waals surface area contributed by atoms with E-state index in [4.69, 9.17) is 16.0 Å². The van der Waals surface area contributed by atoms with Crippen LogP contribution < -0.4 is 16.8 Å². The molecule has 0 aliphatic heterocycles. The Labute approximate surface area is 173 Å². The van der Waals surface area contributed by atoms with Gasteiger partial charge in [-0.2, -0.15) is 13.2 Å². The molecule has 156 valence electrons. The van der Waals surface area contributed by atoms with Crippen molar-refractivity contribution in [3.05, 3.63) is 59.8 Å². The number of benzene rings is 2. The van der Waals surface area contributed by atoms with Crippen LogP contribution in [-0.4, -0.2) is 22.7 Å². The largest absolute Gasteiger partial charge is 0.416 e. The lowest BCUT2D eigenvalue weighted by molar-refractivity contribution is -0.137. The summed E-state index contributed by atoms with van der Waals surface area (Å²) in [4.78, 5) is 5.30. The highest BCUT2D eigenvalue weighted by Crippen LogP contribution is 2.33. The van der Waals surface area contributed by atoms with Crippen LogP contribution in [0, 0.1) is 0 Å². The third-order valence-corrected chi connectivity index (χ3v) is 5.59. The fourth-order valence-corrected chi connectivity index (χ4v) is 3.84. The van der Waals surface area contributed by atoms with Gasteiger partial charge in [0.15, 0.2) is 16.5 Å². The van der Waals surface area contributed by atoms with Crippen LogP contribution in [0.25, 0.3) is 21.4 Å². The normalized spacial score (nSPS) is 12.9. The van der Waals surface area contributed by atoms with Gasteiger partial charge in [-0.05, 0) is 47.9 Å². The number of rotatable bonds is 6. The number of nitrogens with one attached hydrogen (secondary N) is 1. The van der Waals surface area contributed by atoms with Crippen LogP contribution in [-0.2, 0) is 12.6 Å². The summed E-state index contributed by atoms with van der Waals surface area (Å²) in [5.74, 6) is 0.337. The van der Waals surface area contributed by atoms with E-state index in [0.717, 1.165) is 33.5 Å². The average molecular weight is 433 g/mol. The van der Waals surface area contributed by atoms with Gasteiger partial charge >= 0.3 is 6.18 Å². The molecule has 5 N–H and O–H groups in total. The molecule has 0 saturated heterocycles. The lowest BCUT2D eigenvalue weighted by Crippen LogP contribution is -2.31. The number of fused-ring (bicyclic) bond motifs is 1. The van der Waals surface area contributed by atoms with Gasteiger partial charge in [0, 0.05) is 18.8 Å². The number of nitrogens with two attached hydrogens (primary N) is 2. The molecule has 0 spiro atoms. The highest BCUT2D eigenvalue weighted by molar-refractivity contribution is 7.18. The fourth-order valence-electron chi connectivity index (χ4n) is 3.02. The minimum atomic E-state index is -4.34. The van der Waals surface area contributed by atoms with Crippen molar-refractivity contribution < 1.29 is 17.7 Å². The highest BCUT2D eigenvalue weighted by Gasteiger charge is 2.29. The van der Waals surface area contributed by atoms with E-state index in [1.165, 1.54) is 23.5 Å². The maximum Gasteiger partial charge on any atom is 0.416 e. The molecule has 4 aromatic rings. The molecule has 0 aliphatic carbocycles. The highest BCUT2D eigenvalue weighted by atomic mass is 32.1. The van der Waals surface area contributed by atoms with Crippen molar-refractivity contribution in [1.29, 1.82) is 0 Å². The zero-order chi connectivity index (χ0) is 21.3. The van der Waals surface area contributed by atoms with Crippen LogP contribution >= 0.6 is 11.3 Å². The number of alkyl halides is 3. The molecule has 10 heteroatoms. The van der Waals surface area contributed by atoms with Gasteiger partial charge in [-0.1, -0.05) is 28.6 Å². The first kappa shape index (κ1) is 20.2. The number of nitrogens with zero attached hydrogens (tertiary/aromatic N) is 2. The third kappa shape index (κ3) is 4.39. The fraction of sp³-hybridized carbons (Fsp3) is 0.200. The molecule has 0 radical (unpaired) electrons. The molecule has 6 nitrogen and oxygen atoms in total. The lowest BCUT2D eigenvalue weighted by atomic mass is 10.0. The third-order valence-electron chi connectivity index (χ3n) is 4.58. The molecule has 0 saturated carbocycles. The van der Waals surface area contributed by atoms with E-state index in [0.29, 0.717) is 29.5 Å². The second-order valence-electron chi connectivity index (χ2n) is 6.85. The number of thiazole rings is 1. The Morgan fingerprint density at radius 1 is 1.13 bits per heavy atom. The molecule has 2 aromatic heterocycles. The van der Waals surface area contributed by atoms with Crippen LogP contribution in [0.1, 0.15) is 11.1 Å². The molecule has 0 aliphatic rings. The average Bonchev–Trinajstić information content (AvgIpc) is 3.33. The van der Waals surface area contributed by atoms with Crippen molar-refractivity contribution in [2.75, 3.05) is 17.6 Å². The van der Waals surface area contributed by atoms with Crippen molar-refractivity contribution in [2.45, 2.75) is 18.6 Å². The zero-order valence-corrected chi connectivity index (χ0v) is 16.4. The van der Waals surface area contributed by atoms with Crippen molar-refractivity contribution in [2.24, 2.45) is 5.73 Å². The number of aromatic nitrogens is 2. The van der Waals surface area contributed by atoms with Crippen LogP contribution in [0.3, 0.4) is 0 Å². The number of hydrogen-bond donors (Lipinski definition) is 3. The van der Waals surface area contributed by atoms with Crippen LogP contribution in [0.4, 0.5) is 24.1 Å². The summed E-state index contributed by atoms with van der Waals surface area (Å²) in [5, 5.41) is 8.37. The molecule has 2 heterocycles. The van der Waals surface area contributed by atoms with Gasteiger partial charge in [0.25, 0.3) is 0 Å². The zero-order valence-electron chi connectivity index (χ0n) is 15.6. The summed E-state index contributed by atoms with van der Waals surface area (Å²) in [6.07, 6.45) is -2.14. The SMILES string of the molecule is Nc1noc2ccc(-c3cnc(NC[C@@H](N)Cc4ccc(C(F)(F)F)cc4)s3)cc12. The molecule has 4 rings (SSSR count). The molecule has 0 fully saturated rings. The topological polar surface area (TPSA) is 103 Å². The first-order valence-electron chi connectivity index (χ1n) is 9.06. The Balaban J connectivity index is 1.36. The smallest absolute Gasteiger partial charge is 0.380 e. The molecule has 0 amide bonds. The molecule has 0 unspecified atom stereocenters.